The zero-order valence-electron chi connectivity index (χ0n) is 11.4. The molecule has 3 N–H and O–H groups in total. The zero-order valence-corrected chi connectivity index (χ0v) is 12.2. The third-order valence-corrected chi connectivity index (χ3v) is 3.98. The first-order valence-corrected chi connectivity index (χ1v) is 7.05. The highest BCUT2D eigenvalue weighted by molar-refractivity contribution is 7.09. The van der Waals surface area contributed by atoms with Crippen molar-refractivity contribution in [2.24, 2.45) is 0 Å². The van der Waals surface area contributed by atoms with Crippen LogP contribution in [0.5, 0.6) is 0 Å². The van der Waals surface area contributed by atoms with Crippen LogP contribution >= 0.6 is 11.3 Å². The molecule has 2 aromatic rings. The van der Waals surface area contributed by atoms with Crippen molar-refractivity contribution in [1.82, 2.24) is 9.97 Å². The summed E-state index contributed by atoms with van der Waals surface area (Å²) < 4.78 is 0. The third kappa shape index (κ3) is 3.35. The second-order valence-electron chi connectivity index (χ2n) is 4.46. The Morgan fingerprint density at radius 1 is 1.47 bits per heavy atom. The van der Waals surface area contributed by atoms with E-state index in [9.17, 15) is 0 Å². The van der Waals surface area contributed by atoms with Crippen LogP contribution in [0.4, 0.5) is 17.6 Å². The molecule has 0 bridgehead atoms. The van der Waals surface area contributed by atoms with E-state index in [1.54, 1.807) is 11.3 Å². The van der Waals surface area contributed by atoms with Crippen LogP contribution in [0.1, 0.15) is 11.8 Å². The molecule has 1 unspecified atom stereocenters. The molecule has 0 saturated carbocycles. The normalized spacial score (nSPS) is 12.2. The largest absolute Gasteiger partial charge is 0.373 e. The number of nitrogen functional groups attached to an aromatic ring is 1. The predicted molar refractivity (Wildman–Crippen MR) is 81.9 cm³/mol. The quantitative estimate of drug-likeness (QED) is 0.877. The van der Waals surface area contributed by atoms with E-state index >= 15 is 0 Å². The van der Waals surface area contributed by atoms with Gasteiger partial charge in [-0.05, 0) is 18.4 Å². The van der Waals surface area contributed by atoms with Crippen molar-refractivity contribution in [2.45, 2.75) is 19.4 Å². The van der Waals surface area contributed by atoms with E-state index in [-0.39, 0.29) is 5.95 Å². The average molecular weight is 277 g/mol. The van der Waals surface area contributed by atoms with E-state index in [1.807, 2.05) is 20.2 Å². The minimum atomic E-state index is 0.289. The van der Waals surface area contributed by atoms with Gasteiger partial charge in [0.1, 0.15) is 11.6 Å². The fourth-order valence-corrected chi connectivity index (χ4v) is 2.67. The number of thiophene rings is 1. The van der Waals surface area contributed by atoms with E-state index in [1.165, 1.54) is 4.88 Å². The Kier molecular flexibility index (Phi) is 4.21. The van der Waals surface area contributed by atoms with E-state index in [2.05, 4.69) is 44.6 Å². The van der Waals surface area contributed by atoms with Crippen LogP contribution in [0.25, 0.3) is 0 Å². The minimum absolute atomic E-state index is 0.289. The van der Waals surface area contributed by atoms with Gasteiger partial charge >= 0.3 is 0 Å². The lowest BCUT2D eigenvalue weighted by Gasteiger charge is -2.26. The van der Waals surface area contributed by atoms with Gasteiger partial charge in [-0.25, -0.2) is 0 Å². The molecular weight excluding hydrogens is 258 g/mol. The first-order valence-electron chi connectivity index (χ1n) is 6.17. The fraction of sp³-hybridized carbons (Fsp3) is 0.385. The highest BCUT2D eigenvalue weighted by atomic mass is 32.1. The molecule has 19 heavy (non-hydrogen) atoms. The second-order valence-corrected chi connectivity index (χ2v) is 5.50. The summed E-state index contributed by atoms with van der Waals surface area (Å²) in [6.45, 7) is 2.18. The highest BCUT2D eigenvalue weighted by Crippen LogP contribution is 2.20. The molecule has 0 aliphatic heterocycles. The van der Waals surface area contributed by atoms with E-state index in [0.717, 1.165) is 18.1 Å². The molecule has 0 aliphatic rings. The topological polar surface area (TPSA) is 67.1 Å². The molecule has 0 amide bonds. The lowest BCUT2D eigenvalue weighted by molar-refractivity contribution is 0.680. The SMILES string of the molecule is CNc1cc(N(C)C(C)Cc2cccs2)nc(N)n1. The Morgan fingerprint density at radius 3 is 2.89 bits per heavy atom. The minimum Gasteiger partial charge on any atom is -0.373 e. The zero-order chi connectivity index (χ0) is 13.8. The van der Waals surface area contributed by atoms with Gasteiger partial charge in [-0.1, -0.05) is 6.07 Å². The summed E-state index contributed by atoms with van der Waals surface area (Å²) in [5.74, 6) is 1.86. The summed E-state index contributed by atoms with van der Waals surface area (Å²) in [5.41, 5.74) is 5.72. The van der Waals surface area contributed by atoms with Gasteiger partial charge in [0.15, 0.2) is 0 Å². The molecular formula is C13H19N5S. The summed E-state index contributed by atoms with van der Waals surface area (Å²) >= 11 is 1.78. The van der Waals surface area contributed by atoms with Crippen LogP contribution in [0.2, 0.25) is 0 Å². The van der Waals surface area contributed by atoms with Crippen molar-refractivity contribution in [3.63, 3.8) is 0 Å². The number of anilines is 3. The number of hydrogen-bond acceptors (Lipinski definition) is 6. The third-order valence-electron chi connectivity index (χ3n) is 3.09. The fourth-order valence-electron chi connectivity index (χ4n) is 1.84. The van der Waals surface area contributed by atoms with Gasteiger partial charge in [-0.2, -0.15) is 9.97 Å². The smallest absolute Gasteiger partial charge is 0.223 e. The molecule has 2 heterocycles. The molecule has 2 aromatic heterocycles. The van der Waals surface area contributed by atoms with Gasteiger partial charge in [0.05, 0.1) is 0 Å². The molecule has 0 saturated heterocycles. The Hall–Kier alpha value is -1.82. The molecule has 1 atom stereocenters. The summed E-state index contributed by atoms with van der Waals surface area (Å²) in [6, 6.07) is 6.48. The molecule has 6 heteroatoms. The Bertz CT molecular complexity index is 526. The van der Waals surface area contributed by atoms with E-state index in [4.69, 9.17) is 5.73 Å². The summed E-state index contributed by atoms with van der Waals surface area (Å²) in [6.07, 6.45) is 0.993. The van der Waals surface area contributed by atoms with Crippen molar-refractivity contribution in [3.05, 3.63) is 28.5 Å². The standard InChI is InChI=1S/C13H19N5S/c1-9(7-10-5-4-6-19-10)18(3)12-8-11(15-2)16-13(14)17-12/h4-6,8-9H,7H2,1-3H3,(H3,14,15,16,17). The number of nitrogens with one attached hydrogen (secondary N) is 1. The van der Waals surface area contributed by atoms with Crippen molar-refractivity contribution in [2.75, 3.05) is 30.0 Å². The van der Waals surface area contributed by atoms with E-state index in [0.29, 0.717) is 6.04 Å². The van der Waals surface area contributed by atoms with Crippen LogP contribution < -0.4 is 16.0 Å². The number of aromatic nitrogens is 2. The maximum Gasteiger partial charge on any atom is 0.223 e. The Balaban J connectivity index is 2.14. The monoisotopic (exact) mass is 277 g/mol. The molecule has 0 aromatic carbocycles. The van der Waals surface area contributed by atoms with Gasteiger partial charge in [-0.15, -0.1) is 11.3 Å². The van der Waals surface area contributed by atoms with Crippen molar-refractivity contribution < 1.29 is 0 Å². The van der Waals surface area contributed by atoms with Crippen LogP contribution in [0, 0.1) is 0 Å². The summed E-state index contributed by atoms with van der Waals surface area (Å²) in [4.78, 5) is 11.9. The van der Waals surface area contributed by atoms with Crippen molar-refractivity contribution >= 4 is 28.9 Å². The molecule has 2 rings (SSSR count). The van der Waals surface area contributed by atoms with Crippen molar-refractivity contribution in [1.29, 1.82) is 0 Å². The van der Waals surface area contributed by atoms with Crippen LogP contribution in [-0.2, 0) is 6.42 Å². The lowest BCUT2D eigenvalue weighted by Crippen LogP contribution is -2.31. The Morgan fingerprint density at radius 2 is 2.26 bits per heavy atom. The number of hydrogen-bond donors (Lipinski definition) is 2. The summed E-state index contributed by atoms with van der Waals surface area (Å²) in [5, 5.41) is 5.09. The van der Waals surface area contributed by atoms with Crippen molar-refractivity contribution in [3.8, 4) is 0 Å². The lowest BCUT2D eigenvalue weighted by atomic mass is 10.2. The predicted octanol–water partition coefficient (Wildman–Crippen LogP) is 2.23. The number of rotatable bonds is 5. The average Bonchev–Trinajstić information content (AvgIpc) is 2.89. The maximum absolute atomic E-state index is 5.72. The molecule has 0 spiro atoms. The number of nitrogens with zero attached hydrogens (tertiary/aromatic N) is 3. The molecule has 0 radical (unpaired) electrons. The molecule has 102 valence electrons. The number of nitrogens with two attached hydrogens (primary N) is 1. The van der Waals surface area contributed by atoms with Gasteiger partial charge < -0.3 is 16.0 Å². The molecule has 5 nitrogen and oxygen atoms in total. The first-order chi connectivity index (χ1) is 9.10. The first kappa shape index (κ1) is 13.6. The molecule has 0 fully saturated rings. The van der Waals surface area contributed by atoms with Crippen LogP contribution in [0.15, 0.2) is 23.6 Å². The molecule has 0 aliphatic carbocycles. The highest BCUT2D eigenvalue weighted by Gasteiger charge is 2.14. The second kappa shape index (κ2) is 5.88. The van der Waals surface area contributed by atoms with E-state index < -0.39 is 0 Å². The van der Waals surface area contributed by atoms with Gasteiger partial charge in [0, 0.05) is 37.5 Å². The van der Waals surface area contributed by atoms with Gasteiger partial charge in [-0.3, -0.25) is 0 Å². The van der Waals surface area contributed by atoms with Gasteiger partial charge in [0.2, 0.25) is 5.95 Å². The van der Waals surface area contributed by atoms with Crippen LogP contribution in [-0.4, -0.2) is 30.1 Å². The van der Waals surface area contributed by atoms with Gasteiger partial charge in [0.25, 0.3) is 0 Å². The summed E-state index contributed by atoms with van der Waals surface area (Å²) in [7, 11) is 3.85. The maximum atomic E-state index is 5.72. The van der Waals surface area contributed by atoms with Crippen LogP contribution in [0.3, 0.4) is 0 Å². The number of likely N-dealkylation sites (N-methyl/N-ethyl adjacent to an activating group) is 1. The Labute approximate surface area is 117 Å².